The Morgan fingerprint density at radius 3 is 2.20 bits per heavy atom. The largest absolute Gasteiger partial charge is 0.339 e. The SMILES string of the molecule is C=C(C)C(=O)/C=C(\C)C(=O)N1CCCC1. The van der Waals surface area contributed by atoms with Crippen LogP contribution >= 0.6 is 0 Å². The van der Waals surface area contributed by atoms with Gasteiger partial charge in [-0.25, -0.2) is 0 Å². The quantitative estimate of drug-likeness (QED) is 0.660. The van der Waals surface area contributed by atoms with Gasteiger partial charge in [-0.1, -0.05) is 6.58 Å². The second-order valence-electron chi connectivity index (χ2n) is 3.97. The molecule has 0 aromatic carbocycles. The molecule has 0 saturated carbocycles. The van der Waals surface area contributed by atoms with Gasteiger partial charge in [-0.15, -0.1) is 0 Å². The molecular formula is C12H17NO2. The standard InChI is InChI=1S/C12H17NO2/c1-9(2)11(14)8-10(3)12(15)13-6-4-5-7-13/h8H,1,4-7H2,2-3H3/b10-8+. The molecule has 1 aliphatic heterocycles. The predicted octanol–water partition coefficient (Wildman–Crippen LogP) is 1.70. The molecule has 15 heavy (non-hydrogen) atoms. The van der Waals surface area contributed by atoms with Crippen LogP contribution in [0.15, 0.2) is 23.8 Å². The maximum Gasteiger partial charge on any atom is 0.249 e. The molecule has 3 nitrogen and oxygen atoms in total. The summed E-state index contributed by atoms with van der Waals surface area (Å²) < 4.78 is 0. The molecule has 0 radical (unpaired) electrons. The molecule has 1 heterocycles. The number of amides is 1. The Balaban J connectivity index is 2.66. The fourth-order valence-corrected chi connectivity index (χ4v) is 1.55. The monoisotopic (exact) mass is 207 g/mol. The highest BCUT2D eigenvalue weighted by Crippen LogP contribution is 2.11. The van der Waals surface area contributed by atoms with Crippen LogP contribution in [0.4, 0.5) is 0 Å². The van der Waals surface area contributed by atoms with Crippen molar-refractivity contribution < 1.29 is 9.59 Å². The number of carbonyl (C=O) groups excluding carboxylic acids is 2. The molecule has 0 N–H and O–H groups in total. The predicted molar refractivity (Wildman–Crippen MR) is 59.4 cm³/mol. The van der Waals surface area contributed by atoms with Crippen molar-refractivity contribution in [2.24, 2.45) is 0 Å². The van der Waals surface area contributed by atoms with E-state index < -0.39 is 0 Å². The van der Waals surface area contributed by atoms with E-state index in [-0.39, 0.29) is 11.7 Å². The van der Waals surface area contributed by atoms with Crippen molar-refractivity contribution in [3.8, 4) is 0 Å². The number of nitrogens with zero attached hydrogens (tertiary/aromatic N) is 1. The van der Waals surface area contributed by atoms with E-state index in [9.17, 15) is 9.59 Å². The Labute approximate surface area is 90.5 Å². The van der Waals surface area contributed by atoms with Crippen LogP contribution in [0.5, 0.6) is 0 Å². The fraction of sp³-hybridized carbons (Fsp3) is 0.500. The van der Waals surface area contributed by atoms with Crippen LogP contribution in [0.2, 0.25) is 0 Å². The molecule has 3 heteroatoms. The number of rotatable bonds is 3. The van der Waals surface area contributed by atoms with Gasteiger partial charge in [-0.2, -0.15) is 0 Å². The Hall–Kier alpha value is -1.38. The highest BCUT2D eigenvalue weighted by molar-refractivity contribution is 6.08. The average Bonchev–Trinajstić information content (AvgIpc) is 2.68. The zero-order valence-electron chi connectivity index (χ0n) is 9.38. The van der Waals surface area contributed by atoms with Gasteiger partial charge < -0.3 is 4.90 Å². The van der Waals surface area contributed by atoms with Gasteiger partial charge in [0, 0.05) is 18.7 Å². The van der Waals surface area contributed by atoms with Gasteiger partial charge in [0.05, 0.1) is 0 Å². The van der Waals surface area contributed by atoms with Gasteiger partial charge in [0.2, 0.25) is 5.91 Å². The molecule has 1 fully saturated rings. The van der Waals surface area contributed by atoms with Gasteiger partial charge in [0.15, 0.2) is 5.78 Å². The number of hydrogen-bond acceptors (Lipinski definition) is 2. The minimum Gasteiger partial charge on any atom is -0.339 e. The van der Waals surface area contributed by atoms with Gasteiger partial charge in [0.25, 0.3) is 0 Å². The zero-order chi connectivity index (χ0) is 11.4. The fourth-order valence-electron chi connectivity index (χ4n) is 1.55. The molecule has 82 valence electrons. The zero-order valence-corrected chi connectivity index (χ0v) is 9.38. The third-order valence-corrected chi connectivity index (χ3v) is 2.50. The van der Waals surface area contributed by atoms with Gasteiger partial charge in [-0.3, -0.25) is 9.59 Å². The second kappa shape index (κ2) is 4.91. The molecule has 1 rings (SSSR count). The number of hydrogen-bond donors (Lipinski definition) is 0. The molecule has 0 atom stereocenters. The average molecular weight is 207 g/mol. The van der Waals surface area contributed by atoms with E-state index in [2.05, 4.69) is 6.58 Å². The smallest absolute Gasteiger partial charge is 0.249 e. The van der Waals surface area contributed by atoms with Crippen LogP contribution in [0.25, 0.3) is 0 Å². The van der Waals surface area contributed by atoms with Crippen LogP contribution in [0, 0.1) is 0 Å². The first-order valence-corrected chi connectivity index (χ1v) is 5.20. The lowest BCUT2D eigenvalue weighted by Crippen LogP contribution is -2.28. The van der Waals surface area contributed by atoms with Crippen LogP contribution in [0.1, 0.15) is 26.7 Å². The second-order valence-corrected chi connectivity index (χ2v) is 3.97. The van der Waals surface area contributed by atoms with E-state index in [0.29, 0.717) is 11.1 Å². The van der Waals surface area contributed by atoms with E-state index >= 15 is 0 Å². The molecule has 1 saturated heterocycles. The van der Waals surface area contributed by atoms with E-state index in [1.165, 1.54) is 6.08 Å². The third kappa shape index (κ3) is 3.05. The maximum atomic E-state index is 11.8. The lowest BCUT2D eigenvalue weighted by molar-refractivity contribution is -0.126. The molecule has 0 aromatic rings. The maximum absolute atomic E-state index is 11.8. The van der Waals surface area contributed by atoms with Crippen molar-refractivity contribution >= 4 is 11.7 Å². The number of allylic oxidation sites excluding steroid dienone is 2. The Bertz CT molecular complexity index is 323. The Morgan fingerprint density at radius 1 is 1.20 bits per heavy atom. The third-order valence-electron chi connectivity index (χ3n) is 2.50. The summed E-state index contributed by atoms with van der Waals surface area (Å²) in [5.74, 6) is -0.192. The number of ketones is 1. The van der Waals surface area contributed by atoms with Crippen LogP contribution in [-0.2, 0) is 9.59 Å². The van der Waals surface area contributed by atoms with E-state index in [1.807, 2.05) is 0 Å². The van der Waals surface area contributed by atoms with Gasteiger partial charge in [0.1, 0.15) is 0 Å². The molecule has 0 aliphatic carbocycles. The van der Waals surface area contributed by atoms with Gasteiger partial charge in [-0.05, 0) is 38.3 Å². The Kier molecular flexibility index (Phi) is 3.83. The molecule has 0 aromatic heterocycles. The van der Waals surface area contributed by atoms with E-state index in [0.717, 1.165) is 25.9 Å². The number of likely N-dealkylation sites (tertiary alicyclic amines) is 1. The lowest BCUT2D eigenvalue weighted by Gasteiger charge is -2.15. The highest BCUT2D eigenvalue weighted by atomic mass is 16.2. The van der Waals surface area contributed by atoms with Crippen molar-refractivity contribution in [3.63, 3.8) is 0 Å². The van der Waals surface area contributed by atoms with Crippen molar-refractivity contribution in [3.05, 3.63) is 23.8 Å². The topological polar surface area (TPSA) is 37.4 Å². The molecule has 1 amide bonds. The minimum atomic E-state index is -0.167. The Morgan fingerprint density at radius 2 is 1.73 bits per heavy atom. The highest BCUT2D eigenvalue weighted by Gasteiger charge is 2.19. The first-order valence-electron chi connectivity index (χ1n) is 5.20. The summed E-state index contributed by atoms with van der Waals surface area (Å²) in [7, 11) is 0. The summed E-state index contributed by atoms with van der Waals surface area (Å²) in [6.07, 6.45) is 3.50. The molecule has 0 bridgehead atoms. The van der Waals surface area contributed by atoms with Crippen molar-refractivity contribution in [1.29, 1.82) is 0 Å². The summed E-state index contributed by atoms with van der Waals surface area (Å²) in [6.45, 7) is 8.49. The lowest BCUT2D eigenvalue weighted by atomic mass is 10.1. The van der Waals surface area contributed by atoms with Crippen molar-refractivity contribution in [2.45, 2.75) is 26.7 Å². The van der Waals surface area contributed by atoms with E-state index in [1.54, 1.807) is 18.7 Å². The van der Waals surface area contributed by atoms with Crippen LogP contribution in [-0.4, -0.2) is 29.7 Å². The molecule has 0 spiro atoms. The summed E-state index contributed by atoms with van der Waals surface area (Å²) in [5, 5.41) is 0. The van der Waals surface area contributed by atoms with Crippen molar-refractivity contribution in [1.82, 2.24) is 4.90 Å². The van der Waals surface area contributed by atoms with Crippen LogP contribution in [0.3, 0.4) is 0 Å². The molecule has 0 unspecified atom stereocenters. The normalized spacial score (nSPS) is 16.7. The van der Waals surface area contributed by atoms with Gasteiger partial charge >= 0.3 is 0 Å². The first-order chi connectivity index (χ1) is 7.02. The molecule has 1 aliphatic rings. The molecular weight excluding hydrogens is 190 g/mol. The number of carbonyl (C=O) groups is 2. The first kappa shape index (κ1) is 11.7. The summed E-state index contributed by atoms with van der Waals surface area (Å²) in [5.41, 5.74) is 0.966. The van der Waals surface area contributed by atoms with Crippen LogP contribution < -0.4 is 0 Å². The summed E-state index contributed by atoms with van der Waals surface area (Å²) >= 11 is 0. The minimum absolute atomic E-state index is 0.0258. The van der Waals surface area contributed by atoms with E-state index in [4.69, 9.17) is 0 Å². The van der Waals surface area contributed by atoms with Crippen molar-refractivity contribution in [2.75, 3.05) is 13.1 Å². The summed E-state index contributed by atoms with van der Waals surface area (Å²) in [6, 6.07) is 0. The summed E-state index contributed by atoms with van der Waals surface area (Å²) in [4.78, 5) is 24.9.